The molecule has 19 heavy (non-hydrogen) atoms. The van der Waals surface area contributed by atoms with Crippen molar-refractivity contribution in [1.29, 1.82) is 0 Å². The van der Waals surface area contributed by atoms with Crippen LogP contribution in [0.25, 0.3) is 11.0 Å². The molecule has 0 N–H and O–H groups in total. The second kappa shape index (κ2) is 6.04. The van der Waals surface area contributed by atoms with Crippen LogP contribution in [-0.2, 0) is 21.9 Å². The van der Waals surface area contributed by atoms with Crippen molar-refractivity contribution in [3.05, 3.63) is 29.6 Å². The second-order valence-electron chi connectivity index (χ2n) is 4.00. The molecule has 0 atom stereocenters. The molecule has 5 nitrogen and oxygen atoms in total. The lowest BCUT2D eigenvalue weighted by atomic mass is 10.2. The number of carbonyl (C=O) groups is 1. The zero-order valence-electron chi connectivity index (χ0n) is 10.9. The first-order valence-electron chi connectivity index (χ1n) is 5.83. The lowest BCUT2D eigenvalue weighted by Gasteiger charge is -2.07. The van der Waals surface area contributed by atoms with Gasteiger partial charge in [0.1, 0.15) is 5.82 Å². The van der Waals surface area contributed by atoms with E-state index in [1.807, 2.05) is 4.57 Å². The number of rotatable bonds is 5. The van der Waals surface area contributed by atoms with E-state index in [9.17, 15) is 4.79 Å². The minimum Gasteiger partial charge on any atom is -0.465 e. The van der Waals surface area contributed by atoms with Crippen molar-refractivity contribution in [2.45, 2.75) is 12.4 Å². The number of benzene rings is 1. The molecule has 0 radical (unpaired) electrons. The first kappa shape index (κ1) is 13.8. The third kappa shape index (κ3) is 2.72. The highest BCUT2D eigenvalue weighted by atomic mass is 35.5. The molecule has 0 unspecified atom stereocenters. The van der Waals surface area contributed by atoms with Crippen LogP contribution in [0.15, 0.2) is 18.2 Å². The third-order valence-corrected chi connectivity index (χ3v) is 3.13. The number of aromatic nitrogens is 2. The van der Waals surface area contributed by atoms with Crippen LogP contribution in [0.4, 0.5) is 0 Å². The average molecular weight is 283 g/mol. The van der Waals surface area contributed by atoms with Crippen molar-refractivity contribution in [3.8, 4) is 0 Å². The Bertz CT molecular complexity index is 595. The molecule has 2 aromatic rings. The molecular weight excluding hydrogens is 268 g/mol. The highest BCUT2D eigenvalue weighted by molar-refractivity contribution is 6.16. The van der Waals surface area contributed by atoms with Crippen LogP contribution in [0.2, 0.25) is 0 Å². The van der Waals surface area contributed by atoms with Gasteiger partial charge in [0.25, 0.3) is 0 Å². The number of esters is 1. The fourth-order valence-corrected chi connectivity index (χ4v) is 2.16. The summed E-state index contributed by atoms with van der Waals surface area (Å²) in [5.41, 5.74) is 2.16. The first-order chi connectivity index (χ1) is 9.21. The average Bonchev–Trinajstić information content (AvgIpc) is 2.80. The molecule has 102 valence electrons. The summed E-state index contributed by atoms with van der Waals surface area (Å²) in [4.78, 5) is 16.0. The minimum absolute atomic E-state index is 0.311. The van der Waals surface area contributed by atoms with Gasteiger partial charge in [0.15, 0.2) is 0 Å². The Labute approximate surface area is 116 Å². The van der Waals surface area contributed by atoms with Crippen LogP contribution in [-0.4, -0.2) is 36.3 Å². The van der Waals surface area contributed by atoms with Crippen molar-refractivity contribution in [2.75, 3.05) is 20.8 Å². The summed E-state index contributed by atoms with van der Waals surface area (Å²) >= 11 is 5.90. The summed E-state index contributed by atoms with van der Waals surface area (Å²) in [6.07, 6.45) is 0. The Morgan fingerprint density at radius 1 is 1.42 bits per heavy atom. The van der Waals surface area contributed by atoms with Crippen molar-refractivity contribution in [3.63, 3.8) is 0 Å². The zero-order chi connectivity index (χ0) is 13.8. The smallest absolute Gasteiger partial charge is 0.337 e. The highest BCUT2D eigenvalue weighted by Crippen LogP contribution is 2.19. The normalized spacial score (nSPS) is 10.9. The predicted molar refractivity (Wildman–Crippen MR) is 72.5 cm³/mol. The van der Waals surface area contributed by atoms with Gasteiger partial charge in [-0.2, -0.15) is 0 Å². The van der Waals surface area contributed by atoms with Gasteiger partial charge < -0.3 is 14.0 Å². The van der Waals surface area contributed by atoms with E-state index in [0.717, 1.165) is 16.9 Å². The first-order valence-corrected chi connectivity index (χ1v) is 6.37. The molecule has 0 aliphatic heterocycles. The number of imidazole rings is 1. The Hall–Kier alpha value is -1.59. The summed E-state index contributed by atoms with van der Waals surface area (Å²) in [5.74, 6) is 0.705. The lowest BCUT2D eigenvalue weighted by Crippen LogP contribution is -2.08. The van der Waals surface area contributed by atoms with Gasteiger partial charge in [-0.25, -0.2) is 9.78 Å². The van der Waals surface area contributed by atoms with Gasteiger partial charge in [-0.1, -0.05) is 0 Å². The quantitative estimate of drug-likeness (QED) is 0.623. The lowest BCUT2D eigenvalue weighted by molar-refractivity contribution is 0.0601. The maximum Gasteiger partial charge on any atom is 0.337 e. The molecule has 0 saturated carbocycles. The number of alkyl halides is 1. The number of nitrogens with zero attached hydrogens (tertiary/aromatic N) is 2. The molecular formula is C13H15ClN2O3. The number of halogens is 1. The third-order valence-electron chi connectivity index (χ3n) is 2.89. The van der Waals surface area contributed by atoms with Gasteiger partial charge in [-0.05, 0) is 18.2 Å². The van der Waals surface area contributed by atoms with Crippen LogP contribution < -0.4 is 0 Å². The van der Waals surface area contributed by atoms with Crippen LogP contribution >= 0.6 is 11.6 Å². The molecule has 1 aromatic heterocycles. The Kier molecular flexibility index (Phi) is 4.39. The number of ether oxygens (including phenoxy) is 2. The molecule has 0 aliphatic carbocycles. The zero-order valence-corrected chi connectivity index (χ0v) is 11.6. The van der Waals surface area contributed by atoms with Crippen molar-refractivity contribution < 1.29 is 14.3 Å². The van der Waals surface area contributed by atoms with Crippen LogP contribution in [0.3, 0.4) is 0 Å². The number of methoxy groups -OCH3 is 2. The van der Waals surface area contributed by atoms with Gasteiger partial charge in [0.2, 0.25) is 0 Å². The van der Waals surface area contributed by atoms with E-state index in [1.54, 1.807) is 25.3 Å². The monoisotopic (exact) mass is 282 g/mol. The molecule has 0 fully saturated rings. The van der Waals surface area contributed by atoms with E-state index in [1.165, 1.54) is 7.11 Å². The molecule has 6 heteroatoms. The van der Waals surface area contributed by atoms with E-state index >= 15 is 0 Å². The molecule has 1 heterocycles. The summed E-state index contributed by atoms with van der Waals surface area (Å²) in [6.45, 7) is 1.19. The Morgan fingerprint density at radius 2 is 2.21 bits per heavy atom. The van der Waals surface area contributed by atoms with E-state index in [0.29, 0.717) is 24.6 Å². The van der Waals surface area contributed by atoms with E-state index in [-0.39, 0.29) is 5.97 Å². The van der Waals surface area contributed by atoms with Gasteiger partial charge in [0.05, 0.1) is 36.2 Å². The standard InChI is InChI=1S/C13H15ClN2O3/c1-18-6-5-16-11-7-9(13(17)19-2)3-4-10(11)15-12(16)8-14/h3-4,7H,5-6,8H2,1-2H3. The number of fused-ring (bicyclic) bond motifs is 1. The fraction of sp³-hybridized carbons (Fsp3) is 0.385. The topological polar surface area (TPSA) is 53.4 Å². The van der Waals surface area contributed by atoms with Crippen molar-refractivity contribution in [1.82, 2.24) is 9.55 Å². The summed E-state index contributed by atoms with van der Waals surface area (Å²) in [7, 11) is 3.00. The van der Waals surface area contributed by atoms with Crippen LogP contribution in [0.1, 0.15) is 16.2 Å². The maximum atomic E-state index is 11.6. The summed E-state index contributed by atoms with van der Waals surface area (Å²) < 4.78 is 11.8. The van der Waals surface area contributed by atoms with Crippen molar-refractivity contribution >= 4 is 28.6 Å². The Morgan fingerprint density at radius 3 is 2.84 bits per heavy atom. The number of hydrogen-bond acceptors (Lipinski definition) is 4. The largest absolute Gasteiger partial charge is 0.465 e. The summed E-state index contributed by atoms with van der Waals surface area (Å²) in [6, 6.07) is 5.25. The molecule has 0 bridgehead atoms. The van der Waals surface area contributed by atoms with Crippen LogP contribution in [0, 0.1) is 0 Å². The molecule has 0 spiro atoms. The van der Waals surface area contributed by atoms with Gasteiger partial charge in [0, 0.05) is 13.7 Å². The molecule has 0 saturated heterocycles. The van der Waals surface area contributed by atoms with E-state index in [2.05, 4.69) is 4.98 Å². The fourth-order valence-electron chi connectivity index (χ4n) is 1.95. The SMILES string of the molecule is COCCn1c(CCl)nc2ccc(C(=O)OC)cc21. The highest BCUT2D eigenvalue weighted by Gasteiger charge is 2.13. The molecule has 1 aromatic carbocycles. The molecule has 0 amide bonds. The number of carbonyl (C=O) groups excluding carboxylic acids is 1. The number of hydrogen-bond donors (Lipinski definition) is 0. The maximum absolute atomic E-state index is 11.6. The van der Waals surface area contributed by atoms with Gasteiger partial charge in [-0.3, -0.25) is 0 Å². The van der Waals surface area contributed by atoms with Gasteiger partial charge >= 0.3 is 5.97 Å². The second-order valence-corrected chi connectivity index (χ2v) is 4.27. The van der Waals surface area contributed by atoms with E-state index in [4.69, 9.17) is 21.1 Å². The minimum atomic E-state index is -0.367. The Balaban J connectivity index is 2.51. The molecule has 0 aliphatic rings. The summed E-state index contributed by atoms with van der Waals surface area (Å²) in [5, 5.41) is 0. The van der Waals surface area contributed by atoms with E-state index < -0.39 is 0 Å². The predicted octanol–water partition coefficient (Wildman–Crippen LogP) is 2.21. The van der Waals surface area contributed by atoms with Gasteiger partial charge in [-0.15, -0.1) is 11.6 Å². The van der Waals surface area contributed by atoms with Crippen LogP contribution in [0.5, 0.6) is 0 Å². The molecule has 2 rings (SSSR count). The van der Waals surface area contributed by atoms with Crippen molar-refractivity contribution in [2.24, 2.45) is 0 Å².